The molecular weight excluding hydrogens is 370 g/mol. The molecule has 0 radical (unpaired) electrons. The minimum atomic E-state index is -3.83. The molecule has 0 spiro atoms. The average molecular weight is 395 g/mol. The van der Waals surface area contributed by atoms with E-state index in [9.17, 15) is 8.42 Å². The van der Waals surface area contributed by atoms with Crippen molar-refractivity contribution in [1.29, 1.82) is 0 Å². The third kappa shape index (κ3) is 5.97. The number of sulfonamides is 1. The molecule has 27 heavy (non-hydrogen) atoms. The summed E-state index contributed by atoms with van der Waals surface area (Å²) in [5, 5.41) is 11.0. The first-order valence-electron chi connectivity index (χ1n) is 8.33. The van der Waals surface area contributed by atoms with E-state index < -0.39 is 10.0 Å². The lowest BCUT2D eigenvalue weighted by atomic mass is 10.3. The van der Waals surface area contributed by atoms with Gasteiger partial charge in [-0.25, -0.2) is 8.42 Å². The molecule has 148 valence electrons. The van der Waals surface area contributed by atoms with Gasteiger partial charge in [-0.3, -0.25) is 4.72 Å². The van der Waals surface area contributed by atoms with Crippen LogP contribution in [0.15, 0.2) is 35.2 Å². The number of rotatable bonds is 10. The van der Waals surface area contributed by atoms with Crippen LogP contribution in [0.1, 0.15) is 6.42 Å². The fourth-order valence-corrected chi connectivity index (χ4v) is 3.28. The molecule has 0 aliphatic rings. The zero-order valence-electron chi connectivity index (χ0n) is 15.9. The predicted octanol–water partition coefficient (Wildman–Crippen LogP) is 1.66. The van der Waals surface area contributed by atoms with Gasteiger partial charge < -0.3 is 19.7 Å². The topological polar surface area (TPSA) is 106 Å². The van der Waals surface area contributed by atoms with Gasteiger partial charge in [0.15, 0.2) is 17.3 Å². The summed E-state index contributed by atoms with van der Waals surface area (Å²) >= 11 is 0. The van der Waals surface area contributed by atoms with Gasteiger partial charge in [-0.1, -0.05) is 0 Å². The molecule has 2 aromatic rings. The number of methoxy groups -OCH3 is 2. The van der Waals surface area contributed by atoms with Gasteiger partial charge in [-0.15, -0.1) is 10.2 Å². The number of nitrogens with zero attached hydrogens (tertiary/aromatic N) is 3. The molecule has 0 aliphatic carbocycles. The molecule has 10 heteroatoms. The number of benzene rings is 1. The van der Waals surface area contributed by atoms with E-state index in [-0.39, 0.29) is 10.7 Å². The van der Waals surface area contributed by atoms with Gasteiger partial charge in [-0.05, 0) is 51.3 Å². The summed E-state index contributed by atoms with van der Waals surface area (Å²) in [6, 6.07) is 7.57. The molecule has 2 rings (SSSR count). The lowest BCUT2D eigenvalue weighted by molar-refractivity contribution is 0.354. The molecule has 0 atom stereocenters. The first kappa shape index (κ1) is 20.7. The summed E-state index contributed by atoms with van der Waals surface area (Å²) in [5.74, 6) is 1.48. The van der Waals surface area contributed by atoms with E-state index in [0.29, 0.717) is 17.3 Å². The van der Waals surface area contributed by atoms with Gasteiger partial charge in [-0.2, -0.15) is 0 Å². The van der Waals surface area contributed by atoms with Crippen molar-refractivity contribution < 1.29 is 17.9 Å². The molecule has 0 bridgehead atoms. The normalized spacial score (nSPS) is 11.3. The zero-order chi connectivity index (χ0) is 19.9. The molecule has 1 aromatic carbocycles. The number of ether oxygens (including phenoxy) is 2. The molecule has 1 heterocycles. The maximum atomic E-state index is 12.5. The van der Waals surface area contributed by atoms with Crippen LogP contribution in [-0.4, -0.2) is 64.9 Å². The minimum absolute atomic E-state index is 0.0350. The maximum Gasteiger partial charge on any atom is 0.263 e. The van der Waals surface area contributed by atoms with E-state index in [0.717, 1.165) is 19.5 Å². The Balaban J connectivity index is 2.03. The van der Waals surface area contributed by atoms with Crippen molar-refractivity contribution in [3.63, 3.8) is 0 Å². The van der Waals surface area contributed by atoms with Gasteiger partial charge in [0.25, 0.3) is 10.0 Å². The van der Waals surface area contributed by atoms with Gasteiger partial charge >= 0.3 is 0 Å². The SMILES string of the molecule is COc1ccc(S(=O)(=O)Nc2ccc(NCCCN(C)C)nn2)cc1OC. The Morgan fingerprint density at radius 3 is 2.26 bits per heavy atom. The van der Waals surface area contributed by atoms with Crippen LogP contribution in [0.3, 0.4) is 0 Å². The Morgan fingerprint density at radius 1 is 1.00 bits per heavy atom. The highest BCUT2D eigenvalue weighted by molar-refractivity contribution is 7.92. The van der Waals surface area contributed by atoms with E-state index in [1.165, 1.54) is 32.4 Å². The Hall–Kier alpha value is -2.59. The number of hydrogen-bond donors (Lipinski definition) is 2. The van der Waals surface area contributed by atoms with E-state index in [1.807, 2.05) is 14.1 Å². The molecule has 0 fully saturated rings. The smallest absolute Gasteiger partial charge is 0.263 e. The van der Waals surface area contributed by atoms with Crippen molar-refractivity contribution >= 4 is 21.7 Å². The Bertz CT molecular complexity index is 841. The van der Waals surface area contributed by atoms with Crippen LogP contribution in [0.2, 0.25) is 0 Å². The minimum Gasteiger partial charge on any atom is -0.493 e. The fourth-order valence-electron chi connectivity index (χ4n) is 2.27. The van der Waals surface area contributed by atoms with Crippen molar-refractivity contribution in [3.8, 4) is 11.5 Å². The number of aromatic nitrogens is 2. The van der Waals surface area contributed by atoms with E-state index in [2.05, 4.69) is 25.1 Å². The van der Waals surface area contributed by atoms with E-state index >= 15 is 0 Å². The second-order valence-electron chi connectivity index (χ2n) is 6.01. The average Bonchev–Trinajstić information content (AvgIpc) is 2.65. The van der Waals surface area contributed by atoms with Gasteiger partial charge in [0, 0.05) is 12.6 Å². The lowest BCUT2D eigenvalue weighted by Gasteiger charge is -2.12. The second kappa shape index (κ2) is 9.38. The molecule has 2 N–H and O–H groups in total. The summed E-state index contributed by atoms with van der Waals surface area (Å²) < 4.78 is 37.7. The largest absolute Gasteiger partial charge is 0.493 e. The zero-order valence-corrected chi connectivity index (χ0v) is 16.7. The predicted molar refractivity (Wildman–Crippen MR) is 104 cm³/mol. The molecule has 0 aliphatic heterocycles. The van der Waals surface area contributed by atoms with Crippen LogP contribution in [-0.2, 0) is 10.0 Å². The van der Waals surface area contributed by atoms with Crippen molar-refractivity contribution in [1.82, 2.24) is 15.1 Å². The van der Waals surface area contributed by atoms with E-state index in [1.54, 1.807) is 12.1 Å². The van der Waals surface area contributed by atoms with Gasteiger partial charge in [0.2, 0.25) is 0 Å². The molecule has 9 nitrogen and oxygen atoms in total. The highest BCUT2D eigenvalue weighted by Crippen LogP contribution is 2.29. The molecule has 0 saturated carbocycles. The Morgan fingerprint density at radius 2 is 1.67 bits per heavy atom. The third-order valence-corrected chi connectivity index (χ3v) is 5.01. The first-order valence-corrected chi connectivity index (χ1v) is 9.81. The molecule has 1 aromatic heterocycles. The quantitative estimate of drug-likeness (QED) is 0.585. The van der Waals surface area contributed by atoms with Crippen LogP contribution in [0.25, 0.3) is 0 Å². The number of hydrogen-bond acceptors (Lipinski definition) is 8. The Kier molecular flexibility index (Phi) is 7.19. The van der Waals surface area contributed by atoms with Gasteiger partial charge in [0.05, 0.1) is 19.1 Å². The molecule has 0 saturated heterocycles. The summed E-state index contributed by atoms with van der Waals surface area (Å²) in [4.78, 5) is 2.13. The highest BCUT2D eigenvalue weighted by atomic mass is 32.2. The highest BCUT2D eigenvalue weighted by Gasteiger charge is 2.18. The number of nitrogens with one attached hydrogen (secondary N) is 2. The van der Waals surface area contributed by atoms with Crippen molar-refractivity contribution in [2.75, 3.05) is 51.4 Å². The van der Waals surface area contributed by atoms with Crippen LogP contribution in [0, 0.1) is 0 Å². The molecular formula is C17H25N5O4S. The molecule has 0 unspecified atom stereocenters. The summed E-state index contributed by atoms with van der Waals surface area (Å²) in [7, 11) is 3.12. The Labute approximate surface area is 159 Å². The van der Waals surface area contributed by atoms with Crippen molar-refractivity contribution in [2.45, 2.75) is 11.3 Å². The summed E-state index contributed by atoms with van der Waals surface area (Å²) in [6.45, 7) is 1.72. The fraction of sp³-hybridized carbons (Fsp3) is 0.412. The third-order valence-electron chi connectivity index (χ3n) is 3.66. The monoisotopic (exact) mass is 395 g/mol. The van der Waals surface area contributed by atoms with Gasteiger partial charge in [0.1, 0.15) is 5.82 Å². The lowest BCUT2D eigenvalue weighted by Crippen LogP contribution is -2.17. The van der Waals surface area contributed by atoms with Crippen LogP contribution < -0.4 is 19.5 Å². The second-order valence-corrected chi connectivity index (χ2v) is 7.69. The van der Waals surface area contributed by atoms with Crippen LogP contribution >= 0.6 is 0 Å². The van der Waals surface area contributed by atoms with Crippen LogP contribution in [0.4, 0.5) is 11.6 Å². The van der Waals surface area contributed by atoms with E-state index in [4.69, 9.17) is 9.47 Å². The standard InChI is InChI=1S/C17H25N5O4S/c1-22(2)11-5-10-18-16-8-9-17(20-19-16)21-27(23,24)13-6-7-14(25-3)15(12-13)26-4/h6-9,12H,5,10-11H2,1-4H3,(H,18,19)(H,20,21). The summed E-state index contributed by atoms with van der Waals surface area (Å²) in [6.07, 6.45) is 0.961. The molecule has 0 amide bonds. The van der Waals surface area contributed by atoms with Crippen LogP contribution in [0.5, 0.6) is 11.5 Å². The summed E-state index contributed by atoms with van der Waals surface area (Å²) in [5.41, 5.74) is 0. The van der Waals surface area contributed by atoms with Crippen molar-refractivity contribution in [2.24, 2.45) is 0 Å². The maximum absolute atomic E-state index is 12.5. The van der Waals surface area contributed by atoms with Crippen molar-refractivity contribution in [3.05, 3.63) is 30.3 Å². The number of anilines is 2. The first-order chi connectivity index (χ1) is 12.9.